The van der Waals surface area contributed by atoms with Crippen molar-refractivity contribution < 1.29 is 28.7 Å². The lowest BCUT2D eigenvalue weighted by atomic mass is 9.55. The van der Waals surface area contributed by atoms with E-state index in [1.54, 1.807) is 48.5 Å². The summed E-state index contributed by atoms with van der Waals surface area (Å²) in [6, 6.07) is 12.7. The number of carbonyl (C=O) groups is 4. The van der Waals surface area contributed by atoms with Crippen molar-refractivity contribution >= 4 is 46.5 Å². The highest BCUT2D eigenvalue weighted by molar-refractivity contribution is 6.06. The highest BCUT2D eigenvalue weighted by Crippen LogP contribution is 2.48. The Morgan fingerprint density at radius 1 is 0.625 bits per heavy atom. The van der Waals surface area contributed by atoms with Crippen LogP contribution in [-0.4, -0.2) is 38.0 Å². The monoisotopic (exact) mass is 440 g/mol. The molecule has 0 aromatic heterocycles. The Bertz CT molecular complexity index is 930. The van der Waals surface area contributed by atoms with Crippen LogP contribution in [0.1, 0.15) is 0 Å². The molecule has 168 valence electrons. The van der Waals surface area contributed by atoms with Gasteiger partial charge in [-0.15, -0.1) is 0 Å². The molecule has 1 saturated carbocycles. The van der Waals surface area contributed by atoms with Crippen LogP contribution < -0.4 is 22.1 Å². The molecule has 0 unspecified atom stereocenters. The van der Waals surface area contributed by atoms with E-state index < -0.39 is 47.4 Å². The molecule has 0 saturated heterocycles. The van der Waals surface area contributed by atoms with Gasteiger partial charge in [-0.25, -0.2) is 0 Å². The van der Waals surface area contributed by atoms with Crippen molar-refractivity contribution in [1.82, 2.24) is 0 Å². The van der Waals surface area contributed by atoms with Gasteiger partial charge in [-0.3, -0.25) is 19.2 Å². The van der Waals surface area contributed by atoms with E-state index in [1.807, 2.05) is 0 Å². The van der Waals surface area contributed by atoms with Gasteiger partial charge >= 0.3 is 11.9 Å². The summed E-state index contributed by atoms with van der Waals surface area (Å²) < 4.78 is 9.65. The van der Waals surface area contributed by atoms with Gasteiger partial charge < -0.3 is 31.6 Å². The van der Waals surface area contributed by atoms with Crippen LogP contribution in [0, 0.1) is 23.7 Å². The Morgan fingerprint density at radius 3 is 1.22 bits per heavy atom. The van der Waals surface area contributed by atoms with Crippen LogP contribution in [0.25, 0.3) is 0 Å². The molecular weight excluding hydrogens is 416 g/mol. The quantitative estimate of drug-likeness (QED) is 0.385. The summed E-state index contributed by atoms with van der Waals surface area (Å²) in [7, 11) is 2.30. The summed E-state index contributed by atoms with van der Waals surface area (Å²) in [4.78, 5) is 51.0. The van der Waals surface area contributed by atoms with E-state index in [2.05, 4.69) is 10.6 Å². The number of nitrogens with one attached hydrogen (secondary N) is 2. The maximum atomic E-state index is 13.0. The third-order valence-electron chi connectivity index (χ3n) is 5.46. The molecule has 2 aromatic carbocycles. The van der Waals surface area contributed by atoms with Crippen LogP contribution in [-0.2, 0) is 28.7 Å². The van der Waals surface area contributed by atoms with Gasteiger partial charge in [0.2, 0.25) is 11.8 Å². The third kappa shape index (κ3) is 4.48. The minimum absolute atomic E-state index is 0.422. The maximum absolute atomic E-state index is 13.0. The standard InChI is InChI=1S/C22H24N4O6/c1-31-21(29)17-15(19(27)25-13-7-3-11(23)4-8-13)18(22(30)32-2)16(17)20(28)26-14-9-5-12(24)6-10-14/h3-10,15-18H,23-24H2,1-2H3,(H,25,27)(H,26,28). The van der Waals surface area contributed by atoms with Gasteiger partial charge in [0, 0.05) is 22.7 Å². The Kier molecular flexibility index (Phi) is 6.62. The predicted octanol–water partition coefficient (Wildman–Crippen LogP) is 1.25. The van der Waals surface area contributed by atoms with E-state index in [0.717, 1.165) is 14.2 Å². The SMILES string of the molecule is COC(=O)C1C(C(=O)Nc2ccc(N)cc2)C(C(=O)OC)C1C(=O)Nc1ccc(N)cc1. The van der Waals surface area contributed by atoms with E-state index in [1.165, 1.54) is 0 Å². The minimum Gasteiger partial charge on any atom is -0.469 e. The van der Waals surface area contributed by atoms with Crippen molar-refractivity contribution in [2.24, 2.45) is 23.7 Å². The van der Waals surface area contributed by atoms with Gasteiger partial charge in [-0.1, -0.05) is 0 Å². The molecule has 32 heavy (non-hydrogen) atoms. The number of nitrogens with two attached hydrogens (primary N) is 2. The molecule has 1 aliphatic rings. The largest absolute Gasteiger partial charge is 0.469 e. The van der Waals surface area contributed by atoms with Crippen LogP contribution >= 0.6 is 0 Å². The Balaban J connectivity index is 1.88. The molecule has 1 fully saturated rings. The van der Waals surface area contributed by atoms with Crippen LogP contribution in [0.2, 0.25) is 0 Å². The molecular formula is C22H24N4O6. The number of amides is 2. The molecule has 0 heterocycles. The molecule has 3 rings (SSSR count). The fourth-order valence-electron chi connectivity index (χ4n) is 3.84. The van der Waals surface area contributed by atoms with Gasteiger partial charge in [-0.05, 0) is 48.5 Å². The molecule has 0 aliphatic heterocycles. The number of ether oxygens (including phenoxy) is 2. The molecule has 2 aromatic rings. The van der Waals surface area contributed by atoms with Gasteiger partial charge in [-0.2, -0.15) is 0 Å². The first kappa shape index (κ1) is 22.6. The van der Waals surface area contributed by atoms with Crippen molar-refractivity contribution in [3.63, 3.8) is 0 Å². The number of rotatable bonds is 6. The Morgan fingerprint density at radius 2 is 0.938 bits per heavy atom. The second kappa shape index (κ2) is 9.38. The molecule has 1 aliphatic carbocycles. The van der Waals surface area contributed by atoms with E-state index in [9.17, 15) is 19.2 Å². The van der Waals surface area contributed by atoms with Gasteiger partial charge in [0.05, 0.1) is 37.9 Å². The summed E-state index contributed by atoms with van der Waals surface area (Å²) in [6.45, 7) is 0. The number of carbonyl (C=O) groups excluding carboxylic acids is 4. The van der Waals surface area contributed by atoms with Crippen LogP contribution in [0.4, 0.5) is 22.7 Å². The lowest BCUT2D eigenvalue weighted by Crippen LogP contribution is -2.62. The number of methoxy groups -OCH3 is 2. The summed E-state index contributed by atoms with van der Waals surface area (Å²) in [5.41, 5.74) is 13.2. The van der Waals surface area contributed by atoms with Gasteiger partial charge in [0.25, 0.3) is 0 Å². The highest BCUT2D eigenvalue weighted by Gasteiger charge is 2.64. The van der Waals surface area contributed by atoms with E-state index in [0.29, 0.717) is 22.7 Å². The molecule has 10 heteroatoms. The zero-order chi connectivity index (χ0) is 23.4. The van der Waals surface area contributed by atoms with E-state index >= 15 is 0 Å². The van der Waals surface area contributed by atoms with Crippen molar-refractivity contribution in [1.29, 1.82) is 0 Å². The Labute approximate surface area is 184 Å². The summed E-state index contributed by atoms with van der Waals surface area (Å²) in [5, 5.41) is 5.30. The van der Waals surface area contributed by atoms with Crippen LogP contribution in [0.3, 0.4) is 0 Å². The van der Waals surface area contributed by atoms with Crippen molar-refractivity contribution in [3.05, 3.63) is 48.5 Å². The molecule has 2 amide bonds. The zero-order valence-electron chi connectivity index (χ0n) is 17.5. The van der Waals surface area contributed by atoms with Crippen molar-refractivity contribution in [3.8, 4) is 0 Å². The number of hydrogen-bond donors (Lipinski definition) is 4. The minimum atomic E-state index is -1.17. The van der Waals surface area contributed by atoms with Crippen LogP contribution in [0.5, 0.6) is 0 Å². The fourth-order valence-corrected chi connectivity index (χ4v) is 3.84. The second-order valence-electron chi connectivity index (χ2n) is 7.37. The van der Waals surface area contributed by atoms with Gasteiger partial charge in [0.1, 0.15) is 0 Å². The van der Waals surface area contributed by atoms with Crippen LogP contribution in [0.15, 0.2) is 48.5 Å². The number of nitrogen functional groups attached to an aromatic ring is 2. The van der Waals surface area contributed by atoms with Crippen molar-refractivity contribution in [2.45, 2.75) is 0 Å². The van der Waals surface area contributed by atoms with E-state index in [4.69, 9.17) is 20.9 Å². The smallest absolute Gasteiger partial charge is 0.310 e. The number of esters is 2. The molecule has 0 bridgehead atoms. The average molecular weight is 440 g/mol. The van der Waals surface area contributed by atoms with E-state index in [-0.39, 0.29) is 0 Å². The molecule has 10 nitrogen and oxygen atoms in total. The highest BCUT2D eigenvalue weighted by atomic mass is 16.5. The average Bonchev–Trinajstić information content (AvgIpc) is 2.75. The lowest BCUT2D eigenvalue weighted by Gasteiger charge is -2.46. The van der Waals surface area contributed by atoms with Crippen molar-refractivity contribution in [2.75, 3.05) is 36.3 Å². The predicted molar refractivity (Wildman–Crippen MR) is 117 cm³/mol. The molecule has 6 N–H and O–H groups in total. The fraction of sp³-hybridized carbons (Fsp3) is 0.273. The number of hydrogen-bond acceptors (Lipinski definition) is 8. The first-order chi connectivity index (χ1) is 15.3. The lowest BCUT2D eigenvalue weighted by molar-refractivity contribution is -0.181. The molecule has 0 radical (unpaired) electrons. The topological polar surface area (TPSA) is 163 Å². The first-order valence-corrected chi connectivity index (χ1v) is 9.75. The Hall–Kier alpha value is -4.08. The number of benzene rings is 2. The summed E-state index contributed by atoms with van der Waals surface area (Å²) in [5.74, 6) is -7.45. The first-order valence-electron chi connectivity index (χ1n) is 9.75. The molecule has 0 atom stereocenters. The number of anilines is 4. The second-order valence-corrected chi connectivity index (χ2v) is 7.37. The molecule has 0 spiro atoms. The summed E-state index contributed by atoms with van der Waals surface area (Å²) in [6.07, 6.45) is 0. The third-order valence-corrected chi connectivity index (χ3v) is 5.46. The maximum Gasteiger partial charge on any atom is 0.310 e. The zero-order valence-corrected chi connectivity index (χ0v) is 17.5. The summed E-state index contributed by atoms with van der Waals surface area (Å²) >= 11 is 0. The normalized spacial score (nSPS) is 21.6. The van der Waals surface area contributed by atoms with Gasteiger partial charge in [0.15, 0.2) is 0 Å².